The molecule has 2 unspecified atom stereocenters. The van der Waals surface area contributed by atoms with Gasteiger partial charge in [0.15, 0.2) is 0 Å². The molecule has 0 radical (unpaired) electrons. The molecule has 0 aliphatic carbocycles. The van der Waals surface area contributed by atoms with Gasteiger partial charge in [-0.25, -0.2) is 0 Å². The minimum absolute atomic E-state index is 0.0907. The average Bonchev–Trinajstić information content (AvgIpc) is 2.22. The maximum Gasteiger partial charge on any atom is 0.135 e. The first kappa shape index (κ1) is 13.3. The van der Waals surface area contributed by atoms with Crippen LogP contribution >= 0.6 is 0 Å². The van der Waals surface area contributed by atoms with Crippen molar-refractivity contribution in [1.29, 1.82) is 0 Å². The Morgan fingerprint density at radius 1 is 1.29 bits per heavy atom. The molecule has 0 aliphatic rings. The Hall–Kier alpha value is -0.660. The summed E-state index contributed by atoms with van der Waals surface area (Å²) in [6.07, 6.45) is 5.13. The maximum absolute atomic E-state index is 11.5. The lowest BCUT2D eigenvalue weighted by molar-refractivity contribution is -0.122. The molecule has 0 bridgehead atoms. The second-order valence-corrected chi connectivity index (χ2v) is 4.00. The zero-order valence-corrected chi connectivity index (χ0v) is 9.58. The van der Waals surface area contributed by atoms with E-state index in [1.165, 1.54) is 0 Å². The highest BCUT2D eigenvalue weighted by molar-refractivity contribution is 5.80. The molecule has 0 aromatic heterocycles. The SMILES string of the molecule is CCCC(C=O)CCC(=O)C(C)CC. The predicted molar refractivity (Wildman–Crippen MR) is 58.2 cm³/mol. The van der Waals surface area contributed by atoms with Gasteiger partial charge < -0.3 is 4.79 Å². The van der Waals surface area contributed by atoms with Gasteiger partial charge in [-0.15, -0.1) is 0 Å². The number of hydrogen-bond acceptors (Lipinski definition) is 2. The van der Waals surface area contributed by atoms with E-state index in [1.54, 1.807) is 0 Å². The Morgan fingerprint density at radius 2 is 1.93 bits per heavy atom. The molecule has 0 rings (SSSR count). The summed E-state index contributed by atoms with van der Waals surface area (Å²) in [5, 5.41) is 0. The van der Waals surface area contributed by atoms with Crippen molar-refractivity contribution in [2.24, 2.45) is 11.8 Å². The van der Waals surface area contributed by atoms with Crippen LogP contribution in [0.1, 0.15) is 52.9 Å². The number of aldehydes is 1. The van der Waals surface area contributed by atoms with E-state index >= 15 is 0 Å². The molecule has 0 heterocycles. The maximum atomic E-state index is 11.5. The van der Waals surface area contributed by atoms with Crippen molar-refractivity contribution in [3.8, 4) is 0 Å². The van der Waals surface area contributed by atoms with Gasteiger partial charge in [-0.05, 0) is 19.3 Å². The van der Waals surface area contributed by atoms with Crippen LogP contribution in [0.3, 0.4) is 0 Å². The molecule has 0 spiro atoms. The Morgan fingerprint density at radius 3 is 2.36 bits per heavy atom. The topological polar surface area (TPSA) is 34.1 Å². The minimum atomic E-state index is 0.0907. The summed E-state index contributed by atoms with van der Waals surface area (Å²) in [4.78, 5) is 22.1. The van der Waals surface area contributed by atoms with Gasteiger partial charge in [0.25, 0.3) is 0 Å². The lowest BCUT2D eigenvalue weighted by atomic mass is 9.93. The summed E-state index contributed by atoms with van der Waals surface area (Å²) >= 11 is 0. The lowest BCUT2D eigenvalue weighted by Gasteiger charge is -2.10. The van der Waals surface area contributed by atoms with Gasteiger partial charge in [0.1, 0.15) is 12.1 Å². The fourth-order valence-corrected chi connectivity index (χ4v) is 1.45. The summed E-state index contributed by atoms with van der Waals surface area (Å²) in [7, 11) is 0. The van der Waals surface area contributed by atoms with Crippen LogP contribution in [0, 0.1) is 11.8 Å². The number of hydrogen-bond donors (Lipinski definition) is 0. The molecule has 0 saturated carbocycles. The summed E-state index contributed by atoms with van der Waals surface area (Å²) in [6, 6.07) is 0. The van der Waals surface area contributed by atoms with Crippen LogP contribution in [0.4, 0.5) is 0 Å². The third-order valence-corrected chi connectivity index (χ3v) is 2.78. The van der Waals surface area contributed by atoms with Crippen molar-refractivity contribution in [3.05, 3.63) is 0 Å². The van der Waals surface area contributed by atoms with Crippen LogP contribution in [0.25, 0.3) is 0 Å². The third kappa shape index (κ3) is 5.15. The van der Waals surface area contributed by atoms with Crippen LogP contribution in [0.5, 0.6) is 0 Å². The number of carbonyl (C=O) groups is 2. The molecule has 0 aromatic rings. The van der Waals surface area contributed by atoms with Crippen LogP contribution in [0.2, 0.25) is 0 Å². The fourth-order valence-electron chi connectivity index (χ4n) is 1.45. The quantitative estimate of drug-likeness (QED) is 0.562. The highest BCUT2D eigenvalue weighted by Gasteiger charge is 2.13. The number of Topliss-reactive ketones (excluding diaryl/α,β-unsaturated/α-hetero) is 1. The van der Waals surface area contributed by atoms with Crippen LogP contribution in [-0.2, 0) is 9.59 Å². The molecule has 0 saturated heterocycles. The molecule has 0 aromatic carbocycles. The van der Waals surface area contributed by atoms with E-state index < -0.39 is 0 Å². The Labute approximate surface area is 87.1 Å². The van der Waals surface area contributed by atoms with Crippen molar-refractivity contribution in [1.82, 2.24) is 0 Å². The summed E-state index contributed by atoms with van der Waals surface area (Å²) in [5.41, 5.74) is 0. The molecular formula is C12H22O2. The van der Waals surface area contributed by atoms with E-state index in [-0.39, 0.29) is 11.8 Å². The number of carbonyl (C=O) groups excluding carboxylic acids is 2. The summed E-state index contributed by atoms with van der Waals surface area (Å²) in [6.45, 7) is 6.04. The van der Waals surface area contributed by atoms with E-state index in [9.17, 15) is 9.59 Å². The lowest BCUT2D eigenvalue weighted by Crippen LogP contribution is -2.12. The van der Waals surface area contributed by atoms with Gasteiger partial charge >= 0.3 is 0 Å². The van der Waals surface area contributed by atoms with Gasteiger partial charge in [0.05, 0.1) is 0 Å². The zero-order chi connectivity index (χ0) is 11.0. The fraction of sp³-hybridized carbons (Fsp3) is 0.833. The molecule has 2 atom stereocenters. The first-order valence-corrected chi connectivity index (χ1v) is 5.63. The van der Waals surface area contributed by atoms with E-state index in [1.807, 2.05) is 13.8 Å². The average molecular weight is 198 g/mol. The Kier molecular flexibility index (Phi) is 7.35. The normalized spacial score (nSPS) is 14.8. The standard InChI is InChI=1S/C12H22O2/c1-4-6-11(9-13)7-8-12(14)10(3)5-2/h9-11H,4-8H2,1-3H3. The van der Waals surface area contributed by atoms with Crippen molar-refractivity contribution in [2.75, 3.05) is 0 Å². The van der Waals surface area contributed by atoms with Gasteiger partial charge in [0.2, 0.25) is 0 Å². The minimum Gasteiger partial charge on any atom is -0.303 e. The van der Waals surface area contributed by atoms with Crippen molar-refractivity contribution < 1.29 is 9.59 Å². The zero-order valence-electron chi connectivity index (χ0n) is 9.58. The molecule has 0 N–H and O–H groups in total. The van der Waals surface area contributed by atoms with E-state index in [2.05, 4.69) is 6.92 Å². The first-order chi connectivity index (χ1) is 6.65. The molecule has 0 aliphatic heterocycles. The second kappa shape index (κ2) is 7.72. The van der Waals surface area contributed by atoms with E-state index in [4.69, 9.17) is 0 Å². The highest BCUT2D eigenvalue weighted by atomic mass is 16.1. The number of ketones is 1. The first-order valence-electron chi connectivity index (χ1n) is 5.63. The Bertz CT molecular complexity index is 175. The molecular weight excluding hydrogens is 176 g/mol. The molecule has 2 heteroatoms. The van der Waals surface area contributed by atoms with Crippen molar-refractivity contribution in [3.63, 3.8) is 0 Å². The third-order valence-electron chi connectivity index (χ3n) is 2.78. The smallest absolute Gasteiger partial charge is 0.135 e. The van der Waals surface area contributed by atoms with E-state index in [0.29, 0.717) is 12.2 Å². The van der Waals surface area contributed by atoms with Crippen molar-refractivity contribution in [2.45, 2.75) is 52.9 Å². The second-order valence-electron chi connectivity index (χ2n) is 4.00. The van der Waals surface area contributed by atoms with E-state index in [0.717, 1.165) is 32.0 Å². The van der Waals surface area contributed by atoms with Gasteiger partial charge in [-0.2, -0.15) is 0 Å². The number of rotatable bonds is 8. The van der Waals surface area contributed by atoms with Gasteiger partial charge in [0, 0.05) is 18.3 Å². The molecule has 82 valence electrons. The van der Waals surface area contributed by atoms with Crippen LogP contribution in [0.15, 0.2) is 0 Å². The molecule has 14 heavy (non-hydrogen) atoms. The van der Waals surface area contributed by atoms with Crippen molar-refractivity contribution >= 4 is 12.1 Å². The van der Waals surface area contributed by atoms with Gasteiger partial charge in [-0.3, -0.25) is 4.79 Å². The molecule has 2 nitrogen and oxygen atoms in total. The summed E-state index contributed by atoms with van der Waals surface area (Å²) in [5.74, 6) is 0.549. The van der Waals surface area contributed by atoms with Crippen LogP contribution < -0.4 is 0 Å². The predicted octanol–water partition coefficient (Wildman–Crippen LogP) is 3.00. The monoisotopic (exact) mass is 198 g/mol. The summed E-state index contributed by atoms with van der Waals surface area (Å²) < 4.78 is 0. The molecule has 0 fully saturated rings. The van der Waals surface area contributed by atoms with Gasteiger partial charge in [-0.1, -0.05) is 27.2 Å². The largest absolute Gasteiger partial charge is 0.303 e. The molecule has 0 amide bonds. The Balaban J connectivity index is 3.78. The van der Waals surface area contributed by atoms with Crippen LogP contribution in [-0.4, -0.2) is 12.1 Å². The highest BCUT2D eigenvalue weighted by Crippen LogP contribution is 2.14.